The first-order chi connectivity index (χ1) is 7.67. The smallest absolute Gasteiger partial charge is 0.242 e. The van der Waals surface area contributed by atoms with Crippen molar-refractivity contribution in [1.82, 2.24) is 10.6 Å². The minimum absolute atomic E-state index is 0.00860. The summed E-state index contributed by atoms with van der Waals surface area (Å²) in [6.45, 7) is 0.346. The van der Waals surface area contributed by atoms with Crippen LogP contribution in [0.1, 0.15) is 19.3 Å². The van der Waals surface area contributed by atoms with Crippen LogP contribution in [0.4, 0.5) is 0 Å². The maximum Gasteiger partial charge on any atom is 0.242 e. The maximum absolute atomic E-state index is 11.7. The Balaban J connectivity index is 2.38. The summed E-state index contributed by atoms with van der Waals surface area (Å²) in [6, 6.07) is -0.648. The Bertz CT molecular complexity index is 251. The fourth-order valence-electron chi connectivity index (χ4n) is 1.67. The third-order valence-electron chi connectivity index (χ3n) is 2.50. The van der Waals surface area contributed by atoms with E-state index in [1.54, 1.807) is 0 Å². The standard InChI is InChI=1S/C10H18N2O4/c1-16-6-7(4-5-13)11-10(15)8-2-3-9(14)12-8/h7-8,13H,2-6H2,1H3,(H,11,15)(H,12,14)/t7?,8-/m0/s1. The topological polar surface area (TPSA) is 87.7 Å². The Morgan fingerprint density at radius 3 is 3.00 bits per heavy atom. The highest BCUT2D eigenvalue weighted by Crippen LogP contribution is 2.07. The fourth-order valence-corrected chi connectivity index (χ4v) is 1.67. The average Bonchev–Trinajstić information content (AvgIpc) is 2.65. The molecule has 0 aromatic rings. The average molecular weight is 230 g/mol. The van der Waals surface area contributed by atoms with Gasteiger partial charge in [-0.25, -0.2) is 0 Å². The van der Waals surface area contributed by atoms with Gasteiger partial charge in [0.1, 0.15) is 6.04 Å². The number of carbonyl (C=O) groups excluding carboxylic acids is 2. The van der Waals surface area contributed by atoms with Gasteiger partial charge in [-0.1, -0.05) is 0 Å². The molecule has 0 bridgehead atoms. The Kier molecular flexibility index (Phi) is 5.21. The third kappa shape index (κ3) is 3.79. The summed E-state index contributed by atoms with van der Waals surface area (Å²) in [5.74, 6) is -0.299. The van der Waals surface area contributed by atoms with E-state index in [4.69, 9.17) is 9.84 Å². The largest absolute Gasteiger partial charge is 0.396 e. The van der Waals surface area contributed by atoms with E-state index in [0.29, 0.717) is 25.9 Å². The number of amides is 2. The number of rotatable bonds is 6. The molecule has 1 unspecified atom stereocenters. The lowest BCUT2D eigenvalue weighted by atomic mass is 10.1. The molecule has 0 aliphatic carbocycles. The van der Waals surface area contributed by atoms with Crippen LogP contribution in [0.2, 0.25) is 0 Å². The van der Waals surface area contributed by atoms with Gasteiger partial charge < -0.3 is 20.5 Å². The van der Waals surface area contributed by atoms with E-state index in [1.165, 1.54) is 7.11 Å². The summed E-state index contributed by atoms with van der Waals surface area (Å²) in [7, 11) is 1.54. The summed E-state index contributed by atoms with van der Waals surface area (Å²) in [5.41, 5.74) is 0. The van der Waals surface area contributed by atoms with Gasteiger partial charge >= 0.3 is 0 Å². The molecule has 16 heavy (non-hydrogen) atoms. The molecule has 3 N–H and O–H groups in total. The Hall–Kier alpha value is -1.14. The zero-order chi connectivity index (χ0) is 12.0. The molecule has 1 fully saturated rings. The van der Waals surface area contributed by atoms with Gasteiger partial charge in [0.25, 0.3) is 0 Å². The van der Waals surface area contributed by atoms with E-state index in [9.17, 15) is 9.59 Å². The zero-order valence-electron chi connectivity index (χ0n) is 9.36. The van der Waals surface area contributed by atoms with Crippen molar-refractivity contribution in [3.8, 4) is 0 Å². The van der Waals surface area contributed by atoms with Gasteiger partial charge in [0.15, 0.2) is 0 Å². The lowest BCUT2D eigenvalue weighted by Crippen LogP contribution is -2.47. The fraction of sp³-hybridized carbons (Fsp3) is 0.800. The number of hydrogen-bond acceptors (Lipinski definition) is 4. The van der Waals surface area contributed by atoms with Crippen LogP contribution >= 0.6 is 0 Å². The molecule has 0 aromatic carbocycles. The minimum Gasteiger partial charge on any atom is -0.396 e. The molecule has 2 atom stereocenters. The third-order valence-corrected chi connectivity index (χ3v) is 2.50. The van der Waals surface area contributed by atoms with Crippen LogP contribution in [-0.2, 0) is 14.3 Å². The Labute approximate surface area is 94.3 Å². The van der Waals surface area contributed by atoms with E-state index in [1.807, 2.05) is 0 Å². The van der Waals surface area contributed by atoms with Gasteiger partial charge in [-0.2, -0.15) is 0 Å². The van der Waals surface area contributed by atoms with Gasteiger partial charge in [-0.3, -0.25) is 9.59 Å². The summed E-state index contributed by atoms with van der Waals surface area (Å²) >= 11 is 0. The lowest BCUT2D eigenvalue weighted by Gasteiger charge is -2.19. The van der Waals surface area contributed by atoms with Gasteiger partial charge in [-0.15, -0.1) is 0 Å². The highest BCUT2D eigenvalue weighted by atomic mass is 16.5. The van der Waals surface area contributed by atoms with Crippen molar-refractivity contribution < 1.29 is 19.4 Å². The number of aliphatic hydroxyl groups excluding tert-OH is 1. The SMILES string of the molecule is COCC(CCO)NC(=O)[C@@H]1CCC(=O)N1. The molecule has 1 aliphatic rings. The van der Waals surface area contributed by atoms with Gasteiger partial charge in [0, 0.05) is 20.1 Å². The van der Waals surface area contributed by atoms with Crippen molar-refractivity contribution in [3.63, 3.8) is 0 Å². The van der Waals surface area contributed by atoms with Gasteiger partial charge in [-0.05, 0) is 12.8 Å². The monoisotopic (exact) mass is 230 g/mol. The van der Waals surface area contributed by atoms with E-state index in [-0.39, 0.29) is 24.5 Å². The lowest BCUT2D eigenvalue weighted by molar-refractivity contribution is -0.126. The molecular formula is C10H18N2O4. The van der Waals surface area contributed by atoms with Crippen LogP contribution in [0.25, 0.3) is 0 Å². The number of nitrogens with one attached hydrogen (secondary N) is 2. The second-order valence-electron chi connectivity index (χ2n) is 3.83. The number of aliphatic hydroxyl groups is 1. The van der Waals surface area contributed by atoms with Crippen molar-refractivity contribution in [1.29, 1.82) is 0 Å². The van der Waals surface area contributed by atoms with Crippen molar-refractivity contribution in [2.45, 2.75) is 31.3 Å². The molecule has 1 rings (SSSR count). The van der Waals surface area contributed by atoms with Crippen LogP contribution in [0, 0.1) is 0 Å². The van der Waals surface area contributed by atoms with Crippen LogP contribution in [0.15, 0.2) is 0 Å². The normalized spacial score (nSPS) is 21.6. The first kappa shape index (κ1) is 12.9. The number of methoxy groups -OCH3 is 1. The molecule has 1 heterocycles. The van der Waals surface area contributed by atoms with Crippen molar-refractivity contribution >= 4 is 11.8 Å². The van der Waals surface area contributed by atoms with Crippen LogP contribution in [-0.4, -0.2) is 49.3 Å². The first-order valence-corrected chi connectivity index (χ1v) is 5.37. The van der Waals surface area contributed by atoms with Crippen LogP contribution < -0.4 is 10.6 Å². The molecule has 2 amide bonds. The van der Waals surface area contributed by atoms with E-state index < -0.39 is 6.04 Å². The molecule has 6 heteroatoms. The molecule has 0 aromatic heterocycles. The molecule has 0 radical (unpaired) electrons. The van der Waals surface area contributed by atoms with Gasteiger partial charge in [0.05, 0.1) is 12.6 Å². The van der Waals surface area contributed by atoms with Crippen LogP contribution in [0.5, 0.6) is 0 Å². The summed E-state index contributed by atoms with van der Waals surface area (Å²) < 4.78 is 4.93. The number of ether oxygens (including phenoxy) is 1. The molecule has 1 aliphatic heterocycles. The predicted octanol–water partition coefficient (Wildman–Crippen LogP) is -1.22. The Morgan fingerprint density at radius 2 is 2.50 bits per heavy atom. The van der Waals surface area contributed by atoms with Crippen molar-refractivity contribution in [3.05, 3.63) is 0 Å². The van der Waals surface area contributed by atoms with E-state index >= 15 is 0 Å². The first-order valence-electron chi connectivity index (χ1n) is 5.37. The highest BCUT2D eigenvalue weighted by Gasteiger charge is 2.28. The van der Waals surface area contributed by atoms with E-state index in [0.717, 1.165) is 0 Å². The van der Waals surface area contributed by atoms with E-state index in [2.05, 4.69) is 10.6 Å². The minimum atomic E-state index is -0.439. The van der Waals surface area contributed by atoms with Crippen molar-refractivity contribution in [2.24, 2.45) is 0 Å². The highest BCUT2D eigenvalue weighted by molar-refractivity contribution is 5.90. The summed E-state index contributed by atoms with van der Waals surface area (Å²) in [6.07, 6.45) is 1.37. The molecule has 0 spiro atoms. The number of carbonyl (C=O) groups is 2. The maximum atomic E-state index is 11.7. The van der Waals surface area contributed by atoms with Gasteiger partial charge in [0.2, 0.25) is 11.8 Å². The Morgan fingerprint density at radius 1 is 1.75 bits per heavy atom. The molecule has 6 nitrogen and oxygen atoms in total. The molecule has 0 saturated carbocycles. The quantitative estimate of drug-likeness (QED) is 0.533. The second-order valence-corrected chi connectivity index (χ2v) is 3.83. The predicted molar refractivity (Wildman–Crippen MR) is 56.7 cm³/mol. The molecule has 92 valence electrons. The number of hydrogen-bond donors (Lipinski definition) is 3. The summed E-state index contributed by atoms with van der Waals surface area (Å²) in [5, 5.41) is 14.1. The summed E-state index contributed by atoms with van der Waals surface area (Å²) in [4.78, 5) is 22.6. The molecular weight excluding hydrogens is 212 g/mol. The van der Waals surface area contributed by atoms with Crippen molar-refractivity contribution in [2.75, 3.05) is 20.3 Å². The second kappa shape index (κ2) is 6.44. The zero-order valence-corrected chi connectivity index (χ0v) is 9.36. The van der Waals surface area contributed by atoms with Crippen LogP contribution in [0.3, 0.4) is 0 Å². The molecule has 1 saturated heterocycles.